The summed E-state index contributed by atoms with van der Waals surface area (Å²) in [5.41, 5.74) is 7.27. The lowest BCUT2D eigenvalue weighted by atomic mass is 10.1. The standard InChI is InChI=1S/C14H22N2O3S/c1-3-13-10-16(7-8-19-13)20(17,18)14-6-4-5-12(9-15)11(14)2/h4-6,13H,3,7-10,15H2,1-2H3. The molecule has 1 aromatic carbocycles. The summed E-state index contributed by atoms with van der Waals surface area (Å²) < 4.78 is 32.6. The molecular weight excluding hydrogens is 276 g/mol. The fourth-order valence-electron chi connectivity index (χ4n) is 2.46. The van der Waals surface area contributed by atoms with E-state index in [0.717, 1.165) is 17.5 Å². The number of nitrogens with zero attached hydrogens (tertiary/aromatic N) is 1. The van der Waals surface area contributed by atoms with Crippen LogP contribution in [0.3, 0.4) is 0 Å². The fraction of sp³-hybridized carbons (Fsp3) is 0.571. The van der Waals surface area contributed by atoms with Gasteiger partial charge in [-0.3, -0.25) is 0 Å². The first-order valence-corrected chi connectivity index (χ1v) is 8.35. The molecule has 1 aromatic rings. The third-order valence-electron chi connectivity index (χ3n) is 3.79. The maximum absolute atomic E-state index is 12.8. The van der Waals surface area contributed by atoms with Gasteiger partial charge in [0.25, 0.3) is 0 Å². The summed E-state index contributed by atoms with van der Waals surface area (Å²) in [6.45, 7) is 5.44. The predicted octanol–water partition coefficient (Wildman–Crippen LogP) is 1.25. The molecule has 2 rings (SSSR count). The lowest BCUT2D eigenvalue weighted by molar-refractivity contribution is -0.00279. The minimum Gasteiger partial charge on any atom is -0.375 e. The Kier molecular flexibility index (Phi) is 4.80. The molecule has 5 nitrogen and oxygen atoms in total. The zero-order chi connectivity index (χ0) is 14.8. The van der Waals surface area contributed by atoms with E-state index in [2.05, 4.69) is 0 Å². The Morgan fingerprint density at radius 2 is 2.20 bits per heavy atom. The van der Waals surface area contributed by atoms with Crippen LogP contribution in [0.25, 0.3) is 0 Å². The second-order valence-corrected chi connectivity index (χ2v) is 6.91. The molecular formula is C14H22N2O3S. The lowest BCUT2D eigenvalue weighted by Gasteiger charge is -2.32. The first-order chi connectivity index (χ1) is 9.50. The van der Waals surface area contributed by atoms with Gasteiger partial charge in [-0.1, -0.05) is 19.1 Å². The van der Waals surface area contributed by atoms with Gasteiger partial charge in [-0.05, 0) is 30.5 Å². The van der Waals surface area contributed by atoms with Crippen LogP contribution in [0.2, 0.25) is 0 Å². The summed E-state index contributed by atoms with van der Waals surface area (Å²) in [7, 11) is -3.47. The Bertz CT molecular complexity index is 572. The van der Waals surface area contributed by atoms with Crippen LogP contribution in [-0.4, -0.2) is 38.5 Å². The molecule has 112 valence electrons. The van der Waals surface area contributed by atoms with E-state index in [1.807, 2.05) is 19.9 Å². The summed E-state index contributed by atoms with van der Waals surface area (Å²) in [6.07, 6.45) is 0.796. The van der Waals surface area contributed by atoms with Crippen molar-refractivity contribution in [3.63, 3.8) is 0 Å². The highest BCUT2D eigenvalue weighted by Gasteiger charge is 2.31. The van der Waals surface area contributed by atoms with E-state index in [1.165, 1.54) is 4.31 Å². The Balaban J connectivity index is 2.35. The van der Waals surface area contributed by atoms with Crippen molar-refractivity contribution in [3.05, 3.63) is 29.3 Å². The van der Waals surface area contributed by atoms with E-state index in [0.29, 0.717) is 31.1 Å². The number of hydrogen-bond donors (Lipinski definition) is 1. The molecule has 0 aliphatic carbocycles. The quantitative estimate of drug-likeness (QED) is 0.908. The first-order valence-electron chi connectivity index (χ1n) is 6.91. The van der Waals surface area contributed by atoms with Crippen LogP contribution in [0.5, 0.6) is 0 Å². The van der Waals surface area contributed by atoms with Gasteiger partial charge in [0, 0.05) is 19.6 Å². The molecule has 20 heavy (non-hydrogen) atoms. The normalized spacial score (nSPS) is 21.1. The topological polar surface area (TPSA) is 72.6 Å². The molecule has 1 fully saturated rings. The average Bonchev–Trinajstić information content (AvgIpc) is 2.47. The largest absolute Gasteiger partial charge is 0.375 e. The van der Waals surface area contributed by atoms with Crippen LogP contribution in [0.4, 0.5) is 0 Å². The van der Waals surface area contributed by atoms with Crippen molar-refractivity contribution >= 4 is 10.0 Å². The van der Waals surface area contributed by atoms with Crippen LogP contribution in [0.15, 0.2) is 23.1 Å². The predicted molar refractivity (Wildman–Crippen MR) is 77.9 cm³/mol. The van der Waals surface area contributed by atoms with Gasteiger partial charge in [-0.15, -0.1) is 0 Å². The smallest absolute Gasteiger partial charge is 0.243 e. The second kappa shape index (κ2) is 6.22. The molecule has 1 unspecified atom stereocenters. The summed E-state index contributed by atoms with van der Waals surface area (Å²) in [5.74, 6) is 0. The Morgan fingerprint density at radius 3 is 2.85 bits per heavy atom. The lowest BCUT2D eigenvalue weighted by Crippen LogP contribution is -2.45. The number of hydrogen-bond acceptors (Lipinski definition) is 4. The van der Waals surface area contributed by atoms with Crippen molar-refractivity contribution in [2.24, 2.45) is 5.73 Å². The van der Waals surface area contributed by atoms with E-state index < -0.39 is 10.0 Å². The third kappa shape index (κ3) is 2.88. The van der Waals surface area contributed by atoms with Crippen molar-refractivity contribution in [1.82, 2.24) is 4.31 Å². The number of nitrogens with two attached hydrogens (primary N) is 1. The number of sulfonamides is 1. The van der Waals surface area contributed by atoms with Gasteiger partial charge in [-0.2, -0.15) is 4.31 Å². The van der Waals surface area contributed by atoms with Gasteiger partial charge in [0.2, 0.25) is 10.0 Å². The van der Waals surface area contributed by atoms with Gasteiger partial charge in [0.05, 0.1) is 17.6 Å². The molecule has 1 aliphatic rings. The number of morpholine rings is 1. The highest BCUT2D eigenvalue weighted by atomic mass is 32.2. The van der Waals surface area contributed by atoms with Gasteiger partial charge in [0.1, 0.15) is 0 Å². The van der Waals surface area contributed by atoms with Crippen molar-refractivity contribution in [1.29, 1.82) is 0 Å². The summed E-state index contributed by atoms with van der Waals surface area (Å²) in [4.78, 5) is 0.359. The number of benzene rings is 1. The monoisotopic (exact) mass is 298 g/mol. The van der Waals surface area contributed by atoms with Gasteiger partial charge < -0.3 is 10.5 Å². The molecule has 0 amide bonds. The summed E-state index contributed by atoms with van der Waals surface area (Å²) >= 11 is 0. The average molecular weight is 298 g/mol. The molecule has 1 heterocycles. The molecule has 0 aromatic heterocycles. The van der Waals surface area contributed by atoms with E-state index in [1.54, 1.807) is 12.1 Å². The molecule has 1 atom stereocenters. The van der Waals surface area contributed by atoms with Crippen LogP contribution in [-0.2, 0) is 21.3 Å². The molecule has 1 saturated heterocycles. The van der Waals surface area contributed by atoms with E-state index >= 15 is 0 Å². The van der Waals surface area contributed by atoms with Crippen LogP contribution < -0.4 is 5.73 Å². The van der Waals surface area contributed by atoms with Crippen LogP contribution in [0.1, 0.15) is 24.5 Å². The van der Waals surface area contributed by atoms with Crippen molar-refractivity contribution in [2.75, 3.05) is 19.7 Å². The Morgan fingerprint density at radius 1 is 1.45 bits per heavy atom. The summed E-state index contributed by atoms with van der Waals surface area (Å²) in [6, 6.07) is 5.27. The number of rotatable bonds is 4. The van der Waals surface area contributed by atoms with Gasteiger partial charge >= 0.3 is 0 Å². The minimum absolute atomic E-state index is 0.0171. The molecule has 0 radical (unpaired) electrons. The molecule has 2 N–H and O–H groups in total. The third-order valence-corrected chi connectivity index (χ3v) is 5.80. The highest BCUT2D eigenvalue weighted by molar-refractivity contribution is 7.89. The highest BCUT2D eigenvalue weighted by Crippen LogP contribution is 2.24. The van der Waals surface area contributed by atoms with Gasteiger partial charge in [0.15, 0.2) is 0 Å². The second-order valence-electron chi connectivity index (χ2n) is 5.01. The molecule has 1 aliphatic heterocycles. The van der Waals surface area contributed by atoms with E-state index in [4.69, 9.17) is 10.5 Å². The minimum atomic E-state index is -3.47. The maximum Gasteiger partial charge on any atom is 0.243 e. The van der Waals surface area contributed by atoms with Crippen LogP contribution in [0, 0.1) is 6.92 Å². The van der Waals surface area contributed by atoms with Crippen molar-refractivity contribution in [2.45, 2.75) is 37.8 Å². The molecule has 0 spiro atoms. The van der Waals surface area contributed by atoms with Gasteiger partial charge in [-0.25, -0.2) is 8.42 Å². The fourth-order valence-corrected chi connectivity index (χ4v) is 4.18. The SMILES string of the molecule is CCC1CN(S(=O)(=O)c2cccc(CN)c2C)CCO1. The zero-order valence-corrected chi connectivity index (χ0v) is 12.8. The Labute approximate surface area is 120 Å². The number of ether oxygens (including phenoxy) is 1. The van der Waals surface area contributed by atoms with Crippen molar-refractivity contribution < 1.29 is 13.2 Å². The zero-order valence-electron chi connectivity index (χ0n) is 12.0. The molecule has 0 bridgehead atoms. The van der Waals surface area contributed by atoms with E-state index in [-0.39, 0.29) is 6.10 Å². The maximum atomic E-state index is 12.8. The first kappa shape index (κ1) is 15.4. The summed E-state index contributed by atoms with van der Waals surface area (Å²) in [5, 5.41) is 0. The molecule has 6 heteroatoms. The van der Waals surface area contributed by atoms with Crippen LogP contribution >= 0.6 is 0 Å². The Hall–Kier alpha value is -0.950. The molecule has 0 saturated carbocycles. The van der Waals surface area contributed by atoms with E-state index in [9.17, 15) is 8.42 Å². The van der Waals surface area contributed by atoms with Crippen molar-refractivity contribution in [3.8, 4) is 0 Å².